The van der Waals surface area contributed by atoms with Crippen LogP contribution in [-0.4, -0.2) is 59.3 Å². The highest BCUT2D eigenvalue weighted by molar-refractivity contribution is 6.87. The normalized spacial score (nSPS) is 23.5. The van der Waals surface area contributed by atoms with E-state index >= 15 is 0 Å². The molecule has 2 aromatic rings. The van der Waals surface area contributed by atoms with Gasteiger partial charge in [-0.1, -0.05) is 47.5 Å². The number of aromatic nitrogens is 4. The fraction of sp³-hybridized carbons (Fsp3) is 0.708. The summed E-state index contributed by atoms with van der Waals surface area (Å²) in [6.07, 6.45) is -1.01. The number of halogens is 1. The third-order valence-corrected chi connectivity index (χ3v) is 17.2. The molecule has 1 aliphatic heterocycles. The Labute approximate surface area is 210 Å². The Kier molecular flexibility index (Phi) is 7.84. The highest BCUT2D eigenvalue weighted by atomic mass is 28.4. The quantitative estimate of drug-likeness (QED) is 0.310. The zero-order valence-electron chi connectivity index (χ0n) is 22.3. The predicted molar refractivity (Wildman–Crippen MR) is 141 cm³/mol. The lowest BCUT2D eigenvalue weighted by molar-refractivity contribution is -0.0769. The van der Waals surface area contributed by atoms with Crippen LogP contribution >= 0.6 is 0 Å². The molecule has 0 saturated carbocycles. The van der Waals surface area contributed by atoms with Crippen LogP contribution < -0.4 is 5.73 Å². The maximum atomic E-state index is 13.9. The van der Waals surface area contributed by atoms with Crippen molar-refractivity contribution in [2.45, 2.75) is 102 Å². The van der Waals surface area contributed by atoms with Crippen LogP contribution in [0.25, 0.3) is 11.2 Å². The summed E-state index contributed by atoms with van der Waals surface area (Å²) < 4.78 is 28.6. The maximum Gasteiger partial charge on any atom is 0.312 e. The fourth-order valence-electron chi connectivity index (χ4n) is 4.12. The molecule has 3 heterocycles. The van der Waals surface area contributed by atoms with Crippen LogP contribution in [0.1, 0.15) is 54.2 Å². The molecule has 3 rings (SSSR count). The Hall–Kier alpha value is -1.85. The third-order valence-electron chi connectivity index (χ3n) is 7.97. The molecule has 0 bridgehead atoms. The zero-order valence-corrected chi connectivity index (χ0v) is 24.3. The fourth-order valence-corrected chi connectivity index (χ4v) is 7.67. The first-order valence-electron chi connectivity index (χ1n) is 12.4. The monoisotopic (exact) mass is 521 g/mol. The number of nitrogens with zero attached hydrogens (tertiary/aromatic N) is 4. The van der Waals surface area contributed by atoms with Crippen molar-refractivity contribution < 1.29 is 18.7 Å². The number of nitrogens with two attached hydrogens (primary N) is 1. The molecule has 0 spiro atoms. The molecule has 1 fully saturated rings. The minimum atomic E-state index is -2.11. The first kappa shape index (κ1) is 27.7. The standard InChI is InChI=1S/C24H40FN5O3Si2/c1-9-35(10-2,11-3)13-12-24(15-32-34(7,8)23(4,5)6)14-17(31)21(33-24)30-16-27-18-19(26)28-22(25)29-20(18)30/h16-17,21,31H,9-11,14-15H2,1-8H3,(H2,26,28,29)/t17-,21-,24+/m1/s1. The first-order chi connectivity index (χ1) is 16.2. The summed E-state index contributed by atoms with van der Waals surface area (Å²) in [5.41, 5.74) is 8.91. The number of hydrogen-bond acceptors (Lipinski definition) is 7. The summed E-state index contributed by atoms with van der Waals surface area (Å²) in [5.74, 6) is 3.41. The summed E-state index contributed by atoms with van der Waals surface area (Å²) in [4.78, 5) is 11.6. The van der Waals surface area contributed by atoms with Crippen molar-refractivity contribution in [2.24, 2.45) is 0 Å². The van der Waals surface area contributed by atoms with Gasteiger partial charge in [0.15, 0.2) is 37.1 Å². The van der Waals surface area contributed by atoms with Crippen molar-refractivity contribution in [1.82, 2.24) is 19.5 Å². The van der Waals surface area contributed by atoms with Crippen molar-refractivity contribution >= 4 is 33.4 Å². The Morgan fingerprint density at radius 3 is 2.46 bits per heavy atom. The molecule has 11 heteroatoms. The van der Waals surface area contributed by atoms with E-state index in [2.05, 4.69) is 81.1 Å². The van der Waals surface area contributed by atoms with Crippen LogP contribution in [-0.2, 0) is 9.16 Å². The van der Waals surface area contributed by atoms with Crippen LogP contribution in [0.15, 0.2) is 6.33 Å². The van der Waals surface area contributed by atoms with E-state index in [1.165, 1.54) is 10.9 Å². The molecule has 0 radical (unpaired) electrons. The molecule has 1 aliphatic rings. The summed E-state index contributed by atoms with van der Waals surface area (Å²) >= 11 is 0. The lowest BCUT2D eigenvalue weighted by Gasteiger charge is -2.38. The van der Waals surface area contributed by atoms with Gasteiger partial charge in [-0.3, -0.25) is 4.57 Å². The summed E-state index contributed by atoms with van der Waals surface area (Å²) in [5, 5.41) is 11.2. The Bertz CT molecular complexity index is 1110. The Balaban J connectivity index is 2.04. The van der Waals surface area contributed by atoms with Crippen LogP contribution in [0.4, 0.5) is 10.2 Å². The lowest BCUT2D eigenvalue weighted by atomic mass is 10.0. The third kappa shape index (κ3) is 5.46. The van der Waals surface area contributed by atoms with E-state index in [4.69, 9.17) is 14.9 Å². The molecular formula is C24H40FN5O3Si2. The highest BCUT2D eigenvalue weighted by Gasteiger charge is 2.49. The van der Waals surface area contributed by atoms with Crippen LogP contribution in [0.2, 0.25) is 36.3 Å². The van der Waals surface area contributed by atoms with E-state index < -0.39 is 40.4 Å². The number of anilines is 1. The second-order valence-corrected chi connectivity index (χ2v) is 20.9. The number of aliphatic hydroxyl groups is 1. The van der Waals surface area contributed by atoms with E-state index in [-0.39, 0.29) is 35.0 Å². The topological polar surface area (TPSA) is 108 Å². The molecule has 0 unspecified atom stereocenters. The Morgan fingerprint density at radius 2 is 1.89 bits per heavy atom. The van der Waals surface area contributed by atoms with E-state index in [1.54, 1.807) is 0 Å². The smallest absolute Gasteiger partial charge is 0.312 e. The number of ether oxygens (including phenoxy) is 1. The predicted octanol–water partition coefficient (Wildman–Crippen LogP) is 4.64. The Morgan fingerprint density at radius 1 is 1.26 bits per heavy atom. The molecule has 3 N–H and O–H groups in total. The van der Waals surface area contributed by atoms with E-state index in [9.17, 15) is 9.50 Å². The lowest BCUT2D eigenvalue weighted by Crippen LogP contribution is -2.46. The summed E-state index contributed by atoms with van der Waals surface area (Å²) in [6, 6.07) is 3.17. The van der Waals surface area contributed by atoms with Crippen molar-refractivity contribution in [3.05, 3.63) is 12.4 Å². The van der Waals surface area contributed by atoms with Crippen molar-refractivity contribution in [3.8, 4) is 11.5 Å². The van der Waals surface area contributed by atoms with E-state index in [0.717, 1.165) is 18.1 Å². The second-order valence-electron chi connectivity index (χ2n) is 11.1. The van der Waals surface area contributed by atoms with Crippen molar-refractivity contribution in [1.29, 1.82) is 0 Å². The van der Waals surface area contributed by atoms with Gasteiger partial charge < -0.3 is 20.0 Å². The van der Waals surface area contributed by atoms with Crippen LogP contribution in [0.3, 0.4) is 0 Å². The molecular weight excluding hydrogens is 481 g/mol. The second kappa shape index (κ2) is 9.90. The number of fused-ring (bicyclic) bond motifs is 1. The highest BCUT2D eigenvalue weighted by Crippen LogP contribution is 2.42. The largest absolute Gasteiger partial charge is 0.413 e. The average molecular weight is 522 g/mol. The minimum Gasteiger partial charge on any atom is -0.413 e. The molecule has 0 aliphatic carbocycles. The molecule has 3 atom stereocenters. The van der Waals surface area contributed by atoms with Crippen LogP contribution in [0.5, 0.6) is 0 Å². The van der Waals surface area contributed by atoms with Gasteiger partial charge in [-0.15, -0.1) is 5.54 Å². The summed E-state index contributed by atoms with van der Waals surface area (Å²) in [7, 11) is -3.90. The number of hydrogen-bond donors (Lipinski definition) is 2. The summed E-state index contributed by atoms with van der Waals surface area (Å²) in [6.45, 7) is 17.8. The van der Waals surface area contributed by atoms with Gasteiger partial charge in [0.25, 0.3) is 0 Å². The van der Waals surface area contributed by atoms with Gasteiger partial charge in [0.1, 0.15) is 14.2 Å². The van der Waals surface area contributed by atoms with Gasteiger partial charge >= 0.3 is 6.08 Å². The van der Waals surface area contributed by atoms with Gasteiger partial charge in [-0.2, -0.15) is 14.4 Å². The van der Waals surface area contributed by atoms with Gasteiger partial charge in [0.05, 0.1) is 12.9 Å². The maximum absolute atomic E-state index is 13.9. The average Bonchev–Trinajstić information content (AvgIpc) is 3.34. The van der Waals surface area contributed by atoms with Gasteiger partial charge in [0.2, 0.25) is 0 Å². The molecule has 194 valence electrons. The van der Waals surface area contributed by atoms with Gasteiger partial charge in [-0.25, -0.2) is 4.98 Å². The van der Waals surface area contributed by atoms with Gasteiger partial charge in [0, 0.05) is 6.42 Å². The van der Waals surface area contributed by atoms with Crippen molar-refractivity contribution in [2.75, 3.05) is 12.3 Å². The van der Waals surface area contributed by atoms with E-state index in [1.807, 2.05) is 0 Å². The number of imidazole rings is 1. The SMILES string of the molecule is CC[Si](C#C[C@@]1(CO[Si](C)(C)C(C)(C)C)C[C@@H](O)[C@H](n2cnc3c(N)nc(F)nc32)O1)(CC)CC. The van der Waals surface area contributed by atoms with Crippen molar-refractivity contribution in [3.63, 3.8) is 0 Å². The molecule has 35 heavy (non-hydrogen) atoms. The number of rotatable bonds is 7. The van der Waals surface area contributed by atoms with Crippen LogP contribution in [0, 0.1) is 17.5 Å². The van der Waals surface area contributed by atoms with E-state index in [0.29, 0.717) is 0 Å². The minimum absolute atomic E-state index is 0.0134. The number of nitrogen functional groups attached to an aromatic ring is 1. The first-order valence-corrected chi connectivity index (χ1v) is 17.9. The van der Waals surface area contributed by atoms with Gasteiger partial charge in [-0.05, 0) is 36.3 Å². The molecule has 8 nitrogen and oxygen atoms in total. The zero-order chi connectivity index (χ0) is 26.2. The molecule has 1 saturated heterocycles. The molecule has 0 aromatic carbocycles. The molecule has 2 aromatic heterocycles. The number of aliphatic hydroxyl groups excluding tert-OH is 1. The molecule has 0 amide bonds.